The number of pyridine rings is 1. The van der Waals surface area contributed by atoms with Crippen molar-refractivity contribution in [3.63, 3.8) is 0 Å². The summed E-state index contributed by atoms with van der Waals surface area (Å²) in [6, 6.07) is 4.02. The number of hydrogen-bond donors (Lipinski definition) is 1. The van der Waals surface area contributed by atoms with Crippen LogP contribution >= 0.6 is 11.3 Å². The average molecular weight is 355 g/mol. The highest BCUT2D eigenvalue weighted by Gasteiger charge is 2.20. The molecule has 0 saturated heterocycles. The van der Waals surface area contributed by atoms with Gasteiger partial charge >= 0.3 is 0 Å². The molecular formula is C18H21N5OS. The molecule has 0 spiro atoms. The van der Waals surface area contributed by atoms with E-state index in [1.165, 1.54) is 43.4 Å². The van der Waals surface area contributed by atoms with Gasteiger partial charge < -0.3 is 9.72 Å². The van der Waals surface area contributed by atoms with Gasteiger partial charge in [0.25, 0.3) is 0 Å². The molecule has 1 aliphatic rings. The number of imidazole rings is 1. The second-order valence-corrected chi connectivity index (χ2v) is 7.72. The fraction of sp³-hybridized carbons (Fsp3) is 0.444. The second kappa shape index (κ2) is 6.92. The Morgan fingerprint density at radius 1 is 1.32 bits per heavy atom. The summed E-state index contributed by atoms with van der Waals surface area (Å²) in [5.41, 5.74) is 2.76. The van der Waals surface area contributed by atoms with Gasteiger partial charge in [-0.3, -0.25) is 4.79 Å². The maximum absolute atomic E-state index is 12.3. The lowest BCUT2D eigenvalue weighted by Crippen LogP contribution is -2.14. The summed E-state index contributed by atoms with van der Waals surface area (Å²) in [4.78, 5) is 16.8. The fourth-order valence-corrected chi connectivity index (χ4v) is 4.28. The Balaban J connectivity index is 1.40. The molecule has 0 radical (unpaired) electrons. The first-order chi connectivity index (χ1) is 12.2. The number of aromatic nitrogens is 4. The maximum Gasteiger partial charge on any atom is 0.232 e. The summed E-state index contributed by atoms with van der Waals surface area (Å²) < 4.78 is 1.93. The summed E-state index contributed by atoms with van der Waals surface area (Å²) in [7, 11) is 0. The molecule has 1 fully saturated rings. The SMILES string of the molecule is Cc1ccn2cc(CC(=O)Nc3nnc(C4CCCCC4)s3)nc2c1. The molecule has 1 saturated carbocycles. The van der Waals surface area contributed by atoms with Gasteiger partial charge in [0, 0.05) is 18.3 Å². The molecule has 0 bridgehead atoms. The molecule has 1 N–H and O–H groups in total. The van der Waals surface area contributed by atoms with Crippen molar-refractivity contribution >= 4 is 28.0 Å². The third kappa shape index (κ3) is 3.71. The number of nitrogens with one attached hydrogen (secondary N) is 1. The monoisotopic (exact) mass is 355 g/mol. The van der Waals surface area contributed by atoms with Gasteiger partial charge in [-0.05, 0) is 37.5 Å². The highest BCUT2D eigenvalue weighted by molar-refractivity contribution is 7.15. The number of carbonyl (C=O) groups excluding carboxylic acids is 1. The van der Waals surface area contributed by atoms with Crippen LogP contribution in [0.5, 0.6) is 0 Å². The van der Waals surface area contributed by atoms with Crippen molar-refractivity contribution in [2.75, 3.05) is 5.32 Å². The normalized spacial score (nSPS) is 15.6. The van der Waals surface area contributed by atoms with E-state index in [4.69, 9.17) is 0 Å². The topological polar surface area (TPSA) is 72.2 Å². The van der Waals surface area contributed by atoms with E-state index in [1.807, 2.05) is 35.9 Å². The van der Waals surface area contributed by atoms with E-state index < -0.39 is 0 Å². The molecule has 1 amide bonds. The summed E-state index contributed by atoms with van der Waals surface area (Å²) in [5, 5.41) is 12.9. The summed E-state index contributed by atoms with van der Waals surface area (Å²) in [6.07, 6.45) is 10.3. The third-order valence-corrected chi connectivity index (χ3v) is 5.65. The van der Waals surface area contributed by atoms with Crippen LogP contribution in [0.2, 0.25) is 0 Å². The van der Waals surface area contributed by atoms with Crippen LogP contribution in [0.25, 0.3) is 5.65 Å². The molecule has 7 heteroatoms. The van der Waals surface area contributed by atoms with E-state index in [0.717, 1.165) is 21.9 Å². The highest BCUT2D eigenvalue weighted by atomic mass is 32.1. The molecule has 0 unspecified atom stereocenters. The van der Waals surface area contributed by atoms with Crippen molar-refractivity contribution in [3.05, 3.63) is 40.8 Å². The minimum atomic E-state index is -0.105. The Labute approximate surface area is 150 Å². The van der Waals surface area contributed by atoms with Crippen LogP contribution < -0.4 is 5.32 Å². The minimum absolute atomic E-state index is 0.105. The van der Waals surface area contributed by atoms with Gasteiger partial charge in [0.05, 0.1) is 12.1 Å². The largest absolute Gasteiger partial charge is 0.307 e. The lowest BCUT2D eigenvalue weighted by molar-refractivity contribution is -0.115. The Bertz CT molecular complexity index is 894. The van der Waals surface area contributed by atoms with Gasteiger partial charge in [-0.2, -0.15) is 0 Å². The van der Waals surface area contributed by atoms with E-state index in [-0.39, 0.29) is 12.3 Å². The van der Waals surface area contributed by atoms with Gasteiger partial charge in [-0.1, -0.05) is 30.6 Å². The van der Waals surface area contributed by atoms with E-state index in [9.17, 15) is 4.79 Å². The predicted molar refractivity (Wildman–Crippen MR) is 98.0 cm³/mol. The van der Waals surface area contributed by atoms with Crippen molar-refractivity contribution in [1.82, 2.24) is 19.6 Å². The number of carbonyl (C=O) groups is 1. The van der Waals surface area contributed by atoms with Gasteiger partial charge in [-0.15, -0.1) is 10.2 Å². The molecule has 0 atom stereocenters. The Kier molecular flexibility index (Phi) is 4.48. The van der Waals surface area contributed by atoms with Gasteiger partial charge in [0.15, 0.2) is 0 Å². The molecule has 6 nitrogen and oxygen atoms in total. The molecule has 0 aromatic carbocycles. The van der Waals surface area contributed by atoms with Gasteiger partial charge in [-0.25, -0.2) is 4.98 Å². The Morgan fingerprint density at radius 3 is 3.00 bits per heavy atom. The van der Waals surface area contributed by atoms with E-state index in [0.29, 0.717) is 11.0 Å². The minimum Gasteiger partial charge on any atom is -0.307 e. The summed E-state index contributed by atoms with van der Waals surface area (Å²) in [5.74, 6) is 0.407. The number of anilines is 1. The number of amides is 1. The predicted octanol–water partition coefficient (Wildman–Crippen LogP) is 3.72. The standard InChI is InChI=1S/C18H21N5OS/c1-12-7-8-23-11-14(19-15(23)9-12)10-16(24)20-18-22-21-17(25-18)13-5-3-2-4-6-13/h7-9,11,13H,2-6,10H2,1H3,(H,20,22,24). The first-order valence-corrected chi connectivity index (χ1v) is 9.56. The van der Waals surface area contributed by atoms with Crippen LogP contribution in [0.15, 0.2) is 24.5 Å². The lowest BCUT2D eigenvalue weighted by Gasteiger charge is -2.18. The quantitative estimate of drug-likeness (QED) is 0.774. The second-order valence-electron chi connectivity index (χ2n) is 6.71. The molecule has 3 aromatic rings. The zero-order chi connectivity index (χ0) is 17.2. The lowest BCUT2D eigenvalue weighted by atomic mass is 9.90. The molecular weight excluding hydrogens is 334 g/mol. The van der Waals surface area contributed by atoms with Crippen LogP contribution in [-0.4, -0.2) is 25.5 Å². The molecule has 25 heavy (non-hydrogen) atoms. The molecule has 3 heterocycles. The van der Waals surface area contributed by atoms with Crippen LogP contribution in [0.4, 0.5) is 5.13 Å². The third-order valence-electron chi connectivity index (χ3n) is 4.65. The maximum atomic E-state index is 12.3. The zero-order valence-electron chi connectivity index (χ0n) is 14.2. The number of fused-ring (bicyclic) bond motifs is 1. The first-order valence-electron chi connectivity index (χ1n) is 8.75. The van der Waals surface area contributed by atoms with Crippen molar-refractivity contribution in [3.8, 4) is 0 Å². The highest BCUT2D eigenvalue weighted by Crippen LogP contribution is 2.35. The molecule has 3 aromatic heterocycles. The van der Waals surface area contributed by atoms with Crippen LogP contribution in [0, 0.1) is 6.92 Å². The van der Waals surface area contributed by atoms with Crippen LogP contribution in [0.1, 0.15) is 54.3 Å². The smallest absolute Gasteiger partial charge is 0.232 e. The van der Waals surface area contributed by atoms with Gasteiger partial charge in [0.2, 0.25) is 11.0 Å². The average Bonchev–Trinajstić information content (AvgIpc) is 3.21. The zero-order valence-corrected chi connectivity index (χ0v) is 15.1. The van der Waals surface area contributed by atoms with Crippen LogP contribution in [-0.2, 0) is 11.2 Å². The van der Waals surface area contributed by atoms with Crippen molar-refractivity contribution < 1.29 is 4.79 Å². The fourth-order valence-electron chi connectivity index (χ4n) is 3.35. The van der Waals surface area contributed by atoms with Crippen molar-refractivity contribution in [2.45, 2.75) is 51.4 Å². The molecule has 0 aliphatic heterocycles. The Hall–Kier alpha value is -2.28. The number of nitrogens with zero attached hydrogens (tertiary/aromatic N) is 4. The van der Waals surface area contributed by atoms with E-state index >= 15 is 0 Å². The summed E-state index contributed by atoms with van der Waals surface area (Å²) >= 11 is 1.51. The number of hydrogen-bond acceptors (Lipinski definition) is 5. The Morgan fingerprint density at radius 2 is 2.16 bits per heavy atom. The summed E-state index contributed by atoms with van der Waals surface area (Å²) in [6.45, 7) is 2.03. The molecule has 1 aliphatic carbocycles. The van der Waals surface area contributed by atoms with Crippen LogP contribution in [0.3, 0.4) is 0 Å². The van der Waals surface area contributed by atoms with Crippen molar-refractivity contribution in [1.29, 1.82) is 0 Å². The molecule has 130 valence electrons. The van der Waals surface area contributed by atoms with E-state index in [2.05, 4.69) is 20.5 Å². The van der Waals surface area contributed by atoms with Crippen molar-refractivity contribution in [2.24, 2.45) is 0 Å². The van der Waals surface area contributed by atoms with Gasteiger partial charge in [0.1, 0.15) is 10.7 Å². The molecule has 4 rings (SSSR count). The first kappa shape index (κ1) is 16.2. The number of aryl methyl sites for hydroxylation is 1. The number of rotatable bonds is 4. The van der Waals surface area contributed by atoms with E-state index in [1.54, 1.807) is 0 Å².